The van der Waals surface area contributed by atoms with Gasteiger partial charge in [-0.05, 0) is 31.9 Å². The molecule has 3 heterocycles. The number of rotatable bonds is 3. The normalized spacial score (nSPS) is 16.2. The van der Waals surface area contributed by atoms with E-state index in [1.165, 1.54) is 12.5 Å². The fraction of sp³-hybridized carbons (Fsp3) is 0.438. The number of hydrogen-bond donors (Lipinski definition) is 1. The predicted octanol–water partition coefficient (Wildman–Crippen LogP) is 3.28. The molecule has 0 atom stereocenters. The van der Waals surface area contributed by atoms with Crippen LogP contribution in [0.1, 0.15) is 24.2 Å². The highest BCUT2D eigenvalue weighted by Gasteiger charge is 2.33. The standard InChI is InChI=1S/C16H18F3N5/c1-11-8-15(22-10-21-11)23-12-3-6-24(7-4-12)13-2-5-20-14(9-13)16(17,18)19/h2,5,8-10,12H,3-4,6-7H2,1H3,(H,21,22,23). The van der Waals surface area contributed by atoms with Crippen molar-refractivity contribution >= 4 is 11.5 Å². The smallest absolute Gasteiger partial charge is 0.371 e. The molecule has 2 aromatic rings. The summed E-state index contributed by atoms with van der Waals surface area (Å²) < 4.78 is 38.3. The van der Waals surface area contributed by atoms with Gasteiger partial charge in [-0.3, -0.25) is 4.98 Å². The third-order valence-corrected chi connectivity index (χ3v) is 4.05. The minimum Gasteiger partial charge on any atom is -0.371 e. The van der Waals surface area contributed by atoms with Crippen LogP contribution in [0.3, 0.4) is 0 Å². The van der Waals surface area contributed by atoms with Crippen LogP contribution in [0.5, 0.6) is 0 Å². The molecule has 3 rings (SSSR count). The Kier molecular flexibility index (Phi) is 4.55. The Labute approximate surface area is 138 Å². The largest absolute Gasteiger partial charge is 0.433 e. The summed E-state index contributed by atoms with van der Waals surface area (Å²) in [7, 11) is 0. The van der Waals surface area contributed by atoms with Gasteiger partial charge in [-0.1, -0.05) is 0 Å². The van der Waals surface area contributed by atoms with Crippen molar-refractivity contribution in [2.75, 3.05) is 23.3 Å². The van der Waals surface area contributed by atoms with E-state index in [2.05, 4.69) is 20.3 Å². The molecule has 0 saturated carbocycles. The molecule has 0 radical (unpaired) electrons. The van der Waals surface area contributed by atoms with Crippen molar-refractivity contribution in [3.05, 3.63) is 42.1 Å². The molecule has 0 aliphatic carbocycles. The first-order valence-electron chi connectivity index (χ1n) is 7.75. The Morgan fingerprint density at radius 1 is 1.12 bits per heavy atom. The van der Waals surface area contributed by atoms with E-state index in [4.69, 9.17) is 0 Å². The number of nitrogens with one attached hydrogen (secondary N) is 1. The van der Waals surface area contributed by atoms with E-state index >= 15 is 0 Å². The van der Waals surface area contributed by atoms with Gasteiger partial charge in [0.2, 0.25) is 0 Å². The number of nitrogens with zero attached hydrogens (tertiary/aromatic N) is 4. The van der Waals surface area contributed by atoms with Crippen LogP contribution < -0.4 is 10.2 Å². The maximum atomic E-state index is 12.8. The summed E-state index contributed by atoms with van der Waals surface area (Å²) in [5, 5.41) is 3.36. The highest BCUT2D eigenvalue weighted by Crippen LogP contribution is 2.30. The fourth-order valence-corrected chi connectivity index (χ4v) is 2.80. The van der Waals surface area contributed by atoms with Crippen molar-refractivity contribution in [2.45, 2.75) is 32.0 Å². The highest BCUT2D eigenvalue weighted by atomic mass is 19.4. The average Bonchev–Trinajstić information content (AvgIpc) is 2.55. The number of piperidine rings is 1. The molecule has 0 bridgehead atoms. The molecule has 2 aromatic heterocycles. The molecule has 1 fully saturated rings. The lowest BCUT2D eigenvalue weighted by molar-refractivity contribution is -0.141. The van der Waals surface area contributed by atoms with Gasteiger partial charge in [0.25, 0.3) is 0 Å². The SMILES string of the molecule is Cc1cc(NC2CCN(c3ccnc(C(F)(F)F)c3)CC2)ncn1. The molecule has 1 saturated heterocycles. The van der Waals surface area contributed by atoms with E-state index in [0.717, 1.165) is 30.4 Å². The van der Waals surface area contributed by atoms with E-state index in [9.17, 15) is 13.2 Å². The van der Waals surface area contributed by atoms with Crippen LogP contribution in [0.15, 0.2) is 30.7 Å². The predicted molar refractivity (Wildman–Crippen MR) is 84.9 cm³/mol. The second-order valence-electron chi connectivity index (χ2n) is 5.85. The lowest BCUT2D eigenvalue weighted by atomic mass is 10.0. The molecular weight excluding hydrogens is 319 g/mol. The molecule has 8 heteroatoms. The zero-order valence-corrected chi connectivity index (χ0v) is 13.2. The Hall–Kier alpha value is -2.38. The number of halogens is 3. The number of hydrogen-bond acceptors (Lipinski definition) is 5. The summed E-state index contributed by atoms with van der Waals surface area (Å²) in [4.78, 5) is 13.6. The average molecular weight is 337 g/mol. The van der Waals surface area contributed by atoms with Gasteiger partial charge in [-0.15, -0.1) is 0 Å². The van der Waals surface area contributed by atoms with E-state index in [-0.39, 0.29) is 6.04 Å². The molecule has 24 heavy (non-hydrogen) atoms. The highest BCUT2D eigenvalue weighted by molar-refractivity contribution is 5.48. The van der Waals surface area contributed by atoms with Crippen molar-refractivity contribution in [3.8, 4) is 0 Å². The Balaban J connectivity index is 1.61. The van der Waals surface area contributed by atoms with Gasteiger partial charge in [-0.25, -0.2) is 9.97 Å². The first-order chi connectivity index (χ1) is 11.4. The molecule has 0 amide bonds. The molecule has 1 aliphatic heterocycles. The molecular formula is C16H18F3N5. The topological polar surface area (TPSA) is 53.9 Å². The summed E-state index contributed by atoms with van der Waals surface area (Å²) in [5.41, 5.74) is 0.603. The second kappa shape index (κ2) is 6.62. The maximum Gasteiger partial charge on any atom is 0.433 e. The molecule has 0 spiro atoms. The van der Waals surface area contributed by atoms with Gasteiger partial charge >= 0.3 is 6.18 Å². The molecule has 0 unspecified atom stereocenters. The zero-order valence-electron chi connectivity index (χ0n) is 13.2. The number of pyridine rings is 1. The van der Waals surface area contributed by atoms with Gasteiger partial charge in [0, 0.05) is 42.8 Å². The van der Waals surface area contributed by atoms with E-state index < -0.39 is 11.9 Å². The molecule has 5 nitrogen and oxygen atoms in total. The van der Waals surface area contributed by atoms with Crippen LogP contribution in [0.25, 0.3) is 0 Å². The Morgan fingerprint density at radius 3 is 2.54 bits per heavy atom. The van der Waals surface area contributed by atoms with Crippen LogP contribution in [-0.4, -0.2) is 34.1 Å². The lowest BCUT2D eigenvalue weighted by Crippen LogP contribution is -2.39. The third kappa shape index (κ3) is 3.93. The molecule has 1 aliphatic rings. The maximum absolute atomic E-state index is 12.8. The summed E-state index contributed by atoms with van der Waals surface area (Å²) in [5.74, 6) is 0.782. The zero-order chi connectivity index (χ0) is 17.2. The monoisotopic (exact) mass is 337 g/mol. The van der Waals surface area contributed by atoms with Crippen LogP contribution in [0.2, 0.25) is 0 Å². The minimum absolute atomic E-state index is 0.250. The molecule has 1 N–H and O–H groups in total. The van der Waals surface area contributed by atoms with Crippen LogP contribution in [0, 0.1) is 6.92 Å². The first-order valence-corrected chi connectivity index (χ1v) is 7.75. The summed E-state index contributed by atoms with van der Waals surface area (Å²) >= 11 is 0. The quantitative estimate of drug-likeness (QED) is 0.931. The number of anilines is 2. The van der Waals surface area contributed by atoms with Gasteiger partial charge in [0.05, 0.1) is 0 Å². The molecule has 128 valence electrons. The van der Waals surface area contributed by atoms with Crippen molar-refractivity contribution in [1.82, 2.24) is 15.0 Å². The lowest BCUT2D eigenvalue weighted by Gasteiger charge is -2.34. The van der Waals surface area contributed by atoms with Gasteiger partial charge in [0.1, 0.15) is 17.8 Å². The van der Waals surface area contributed by atoms with Gasteiger partial charge in [0.15, 0.2) is 0 Å². The Morgan fingerprint density at radius 2 is 1.88 bits per heavy atom. The van der Waals surface area contributed by atoms with E-state index in [1.54, 1.807) is 6.07 Å². The van der Waals surface area contributed by atoms with Crippen molar-refractivity contribution in [3.63, 3.8) is 0 Å². The first kappa shape index (κ1) is 16.5. The van der Waals surface area contributed by atoms with Crippen LogP contribution in [0.4, 0.5) is 24.7 Å². The summed E-state index contributed by atoms with van der Waals surface area (Å²) in [6.07, 6.45) is -0.0329. The number of aryl methyl sites for hydroxylation is 1. The van der Waals surface area contributed by atoms with Crippen LogP contribution in [-0.2, 0) is 6.18 Å². The van der Waals surface area contributed by atoms with Gasteiger partial charge in [-0.2, -0.15) is 13.2 Å². The van der Waals surface area contributed by atoms with Crippen LogP contribution >= 0.6 is 0 Å². The third-order valence-electron chi connectivity index (χ3n) is 4.05. The molecule has 0 aromatic carbocycles. The van der Waals surface area contributed by atoms with E-state index in [1.807, 2.05) is 17.9 Å². The van der Waals surface area contributed by atoms with E-state index in [0.29, 0.717) is 18.8 Å². The van der Waals surface area contributed by atoms with Crippen molar-refractivity contribution in [1.29, 1.82) is 0 Å². The Bertz CT molecular complexity index is 696. The van der Waals surface area contributed by atoms with Gasteiger partial charge < -0.3 is 10.2 Å². The number of aromatic nitrogens is 3. The fourth-order valence-electron chi connectivity index (χ4n) is 2.80. The van der Waals surface area contributed by atoms with Crippen molar-refractivity contribution < 1.29 is 13.2 Å². The second-order valence-corrected chi connectivity index (χ2v) is 5.85. The summed E-state index contributed by atoms with van der Waals surface area (Å²) in [6, 6.07) is 4.86. The minimum atomic E-state index is -4.42. The summed E-state index contributed by atoms with van der Waals surface area (Å²) in [6.45, 7) is 3.27. The number of alkyl halides is 3. The van der Waals surface area contributed by atoms with Crippen molar-refractivity contribution in [2.24, 2.45) is 0 Å².